The Kier molecular flexibility index (Phi) is 5.60. The van der Waals surface area contributed by atoms with Gasteiger partial charge in [-0.2, -0.15) is 0 Å². The number of hydrogen-bond donors (Lipinski definition) is 0. The van der Waals surface area contributed by atoms with Gasteiger partial charge in [-0.1, -0.05) is 45.0 Å². The van der Waals surface area contributed by atoms with E-state index in [1.54, 1.807) is 0 Å². The summed E-state index contributed by atoms with van der Waals surface area (Å²) in [6.07, 6.45) is 4.57. The Bertz CT molecular complexity index is 1330. The fourth-order valence-corrected chi connectivity index (χ4v) is 4.33. The van der Waals surface area contributed by atoms with Crippen LogP contribution in [0.15, 0.2) is 42.5 Å². The summed E-state index contributed by atoms with van der Waals surface area (Å²) in [6, 6.07) is 13.4. The van der Waals surface area contributed by atoms with Crippen LogP contribution in [0.1, 0.15) is 60.8 Å². The second-order valence-electron chi connectivity index (χ2n) is 9.72. The van der Waals surface area contributed by atoms with Gasteiger partial charge in [-0.3, -0.25) is 4.79 Å². The van der Waals surface area contributed by atoms with Crippen LogP contribution in [0.4, 0.5) is 0 Å². The van der Waals surface area contributed by atoms with Gasteiger partial charge in [-0.25, -0.2) is 9.78 Å². The van der Waals surface area contributed by atoms with Crippen molar-refractivity contribution in [2.75, 3.05) is 13.4 Å². The van der Waals surface area contributed by atoms with Gasteiger partial charge in [0.2, 0.25) is 6.79 Å². The summed E-state index contributed by atoms with van der Waals surface area (Å²) in [4.78, 5) is 30.6. The average Bonchev–Trinajstić information content (AvgIpc) is 3.28. The van der Waals surface area contributed by atoms with Crippen LogP contribution in [0.2, 0.25) is 0 Å². The predicted octanol–water partition coefficient (Wildman–Crippen LogP) is 5.61. The maximum Gasteiger partial charge on any atom is 0.339 e. The number of allylic oxidation sites excluding steroid dienone is 1. The highest BCUT2D eigenvalue weighted by Crippen LogP contribution is 2.38. The SMILES string of the molecule is CC(C)(C)C(=O)COC(=O)c1c2c(nc3ccccc13)C(=Cc1ccc3c(c1)OCO3)CCC2. The van der Waals surface area contributed by atoms with E-state index in [1.165, 1.54) is 0 Å². The first kappa shape index (κ1) is 22.1. The van der Waals surface area contributed by atoms with Gasteiger partial charge < -0.3 is 14.2 Å². The van der Waals surface area contributed by atoms with Crippen LogP contribution in [0.3, 0.4) is 0 Å². The molecule has 1 aliphatic heterocycles. The largest absolute Gasteiger partial charge is 0.454 e. The molecule has 34 heavy (non-hydrogen) atoms. The van der Waals surface area contributed by atoms with Gasteiger partial charge >= 0.3 is 5.97 Å². The first-order chi connectivity index (χ1) is 16.3. The molecule has 1 aromatic heterocycles. The Morgan fingerprint density at radius 1 is 1.06 bits per heavy atom. The molecule has 0 fully saturated rings. The minimum Gasteiger partial charge on any atom is -0.454 e. The molecule has 6 heteroatoms. The van der Waals surface area contributed by atoms with Gasteiger partial charge in [0, 0.05) is 10.8 Å². The Morgan fingerprint density at radius 2 is 1.85 bits per heavy atom. The smallest absolute Gasteiger partial charge is 0.339 e. The molecule has 0 atom stereocenters. The van der Waals surface area contributed by atoms with E-state index in [0.29, 0.717) is 5.56 Å². The summed E-state index contributed by atoms with van der Waals surface area (Å²) >= 11 is 0. The highest BCUT2D eigenvalue weighted by Gasteiger charge is 2.28. The molecule has 0 bridgehead atoms. The summed E-state index contributed by atoms with van der Waals surface area (Å²) in [5, 5.41) is 0.749. The van der Waals surface area contributed by atoms with Gasteiger partial charge in [0.05, 0.1) is 16.8 Å². The van der Waals surface area contributed by atoms with Crippen LogP contribution < -0.4 is 9.47 Å². The first-order valence-electron chi connectivity index (χ1n) is 11.5. The number of aromatic nitrogens is 1. The molecule has 0 unspecified atom stereocenters. The number of nitrogens with zero attached hydrogens (tertiary/aromatic N) is 1. The van der Waals surface area contributed by atoms with Crippen molar-refractivity contribution in [2.24, 2.45) is 5.41 Å². The van der Waals surface area contributed by atoms with E-state index >= 15 is 0 Å². The second-order valence-corrected chi connectivity index (χ2v) is 9.72. The van der Waals surface area contributed by atoms with Crippen molar-refractivity contribution in [3.63, 3.8) is 0 Å². The molecule has 3 aromatic rings. The molecule has 2 heterocycles. The molecule has 1 aliphatic carbocycles. The molecule has 6 nitrogen and oxygen atoms in total. The zero-order valence-corrected chi connectivity index (χ0v) is 19.6. The van der Waals surface area contributed by atoms with Gasteiger partial charge in [-0.15, -0.1) is 0 Å². The number of fused-ring (bicyclic) bond motifs is 3. The van der Waals surface area contributed by atoms with E-state index in [2.05, 4.69) is 6.08 Å². The second kappa shape index (κ2) is 8.60. The van der Waals surface area contributed by atoms with E-state index in [-0.39, 0.29) is 19.2 Å². The van der Waals surface area contributed by atoms with E-state index in [9.17, 15) is 9.59 Å². The number of carbonyl (C=O) groups is 2. The minimum absolute atomic E-state index is 0.114. The van der Waals surface area contributed by atoms with Crippen molar-refractivity contribution in [3.8, 4) is 11.5 Å². The van der Waals surface area contributed by atoms with E-state index in [1.807, 2.05) is 63.2 Å². The van der Waals surface area contributed by atoms with Crippen molar-refractivity contribution in [2.45, 2.75) is 40.0 Å². The van der Waals surface area contributed by atoms with Crippen LogP contribution in [0.25, 0.3) is 22.6 Å². The van der Waals surface area contributed by atoms with Crippen LogP contribution in [-0.2, 0) is 16.0 Å². The predicted molar refractivity (Wildman–Crippen MR) is 130 cm³/mol. The summed E-state index contributed by atoms with van der Waals surface area (Å²) in [5.74, 6) is 0.878. The number of ether oxygens (including phenoxy) is 3. The molecule has 2 aliphatic rings. The van der Waals surface area contributed by atoms with Crippen molar-refractivity contribution in [1.82, 2.24) is 4.98 Å². The third kappa shape index (κ3) is 4.16. The number of carbonyl (C=O) groups excluding carboxylic acids is 2. The molecular weight excluding hydrogens is 430 g/mol. The minimum atomic E-state index is -0.569. The Morgan fingerprint density at radius 3 is 2.68 bits per heavy atom. The molecule has 0 saturated carbocycles. The summed E-state index contributed by atoms with van der Waals surface area (Å²) < 4.78 is 16.5. The van der Waals surface area contributed by atoms with E-state index in [4.69, 9.17) is 19.2 Å². The summed E-state index contributed by atoms with van der Waals surface area (Å²) in [5.41, 5.74) is 4.42. The number of ketones is 1. The number of Topliss-reactive ketones (excluding diaryl/α,β-unsaturated/α-hetero) is 1. The number of hydrogen-bond acceptors (Lipinski definition) is 6. The Balaban J connectivity index is 1.57. The lowest BCUT2D eigenvalue weighted by atomic mass is 9.86. The Labute approximate surface area is 198 Å². The molecular formula is C28H27NO5. The summed E-state index contributed by atoms with van der Waals surface area (Å²) in [7, 11) is 0. The lowest BCUT2D eigenvalue weighted by Gasteiger charge is -2.23. The molecule has 174 valence electrons. The van der Waals surface area contributed by atoms with E-state index < -0.39 is 11.4 Å². The zero-order chi connectivity index (χ0) is 23.9. The van der Waals surface area contributed by atoms with Gasteiger partial charge in [-0.05, 0) is 60.2 Å². The van der Waals surface area contributed by atoms with Crippen molar-refractivity contribution < 1.29 is 23.8 Å². The third-order valence-electron chi connectivity index (χ3n) is 6.28. The maximum atomic E-state index is 13.3. The molecule has 0 saturated heterocycles. The number of rotatable bonds is 4. The fourth-order valence-electron chi connectivity index (χ4n) is 4.33. The van der Waals surface area contributed by atoms with Crippen LogP contribution in [0.5, 0.6) is 11.5 Å². The average molecular weight is 458 g/mol. The lowest BCUT2D eigenvalue weighted by Crippen LogP contribution is -2.27. The quantitative estimate of drug-likeness (QED) is 0.474. The van der Waals surface area contributed by atoms with Crippen LogP contribution >= 0.6 is 0 Å². The van der Waals surface area contributed by atoms with Gasteiger partial charge in [0.25, 0.3) is 0 Å². The molecule has 0 N–H and O–H groups in total. The van der Waals surface area contributed by atoms with Crippen molar-refractivity contribution in [3.05, 3.63) is 64.8 Å². The fraction of sp³-hybridized carbons (Fsp3) is 0.321. The van der Waals surface area contributed by atoms with Crippen molar-refractivity contribution in [1.29, 1.82) is 0 Å². The zero-order valence-electron chi connectivity index (χ0n) is 19.6. The third-order valence-corrected chi connectivity index (χ3v) is 6.28. The topological polar surface area (TPSA) is 74.7 Å². The van der Waals surface area contributed by atoms with Crippen molar-refractivity contribution >= 4 is 34.3 Å². The molecule has 5 rings (SSSR count). The van der Waals surface area contributed by atoms with Gasteiger partial charge in [0.15, 0.2) is 23.9 Å². The summed E-state index contributed by atoms with van der Waals surface area (Å²) in [6.45, 7) is 5.45. The standard InChI is InChI=1S/C28H27NO5/c1-28(2,3)24(30)15-32-27(31)25-19-8-4-5-10-21(19)29-26-18(7-6-9-20(25)26)13-17-11-12-22-23(14-17)34-16-33-22/h4-5,8,10-14H,6-7,9,15-16H2,1-3H3. The molecule has 2 aromatic carbocycles. The van der Waals surface area contributed by atoms with Crippen LogP contribution in [0, 0.1) is 5.41 Å². The number of pyridine rings is 1. The number of esters is 1. The Hall–Kier alpha value is -3.67. The highest BCUT2D eigenvalue weighted by molar-refractivity contribution is 6.07. The normalized spacial score (nSPS) is 15.9. The maximum absolute atomic E-state index is 13.3. The number of benzene rings is 2. The van der Waals surface area contributed by atoms with Gasteiger partial charge in [0.1, 0.15) is 0 Å². The molecule has 0 radical (unpaired) electrons. The highest BCUT2D eigenvalue weighted by atomic mass is 16.7. The molecule has 0 spiro atoms. The first-order valence-corrected chi connectivity index (χ1v) is 11.5. The molecule has 0 amide bonds. The lowest BCUT2D eigenvalue weighted by molar-refractivity contribution is -0.129. The monoisotopic (exact) mass is 457 g/mol. The van der Waals surface area contributed by atoms with Crippen LogP contribution in [-0.4, -0.2) is 30.1 Å². The van der Waals surface area contributed by atoms with E-state index in [0.717, 1.165) is 64.1 Å². The number of para-hydroxylation sites is 1.